The number of hydrogen-bond donors (Lipinski definition) is 6. The third-order valence-electron chi connectivity index (χ3n) is 22.5. The first kappa shape index (κ1) is 93.3. The Morgan fingerprint density at radius 1 is 0.726 bits per heavy atom. The van der Waals surface area contributed by atoms with Crippen LogP contribution in [0.2, 0.25) is 0 Å². The van der Waals surface area contributed by atoms with Crippen molar-refractivity contribution in [2.24, 2.45) is 52.6 Å². The second kappa shape index (κ2) is 44.4. The third kappa shape index (κ3) is 27.0. The van der Waals surface area contributed by atoms with Crippen LogP contribution in [-0.2, 0) is 83.2 Å². The number of likely N-dealkylation sites (N-methyl/N-ethyl adjacent to an activating group) is 2. The van der Waals surface area contributed by atoms with Gasteiger partial charge in [0.25, 0.3) is 11.8 Å². The first-order chi connectivity index (χ1) is 53.5. The maximum atomic E-state index is 14.7. The average Bonchev–Trinajstić information content (AvgIpc) is 1.76. The minimum absolute atomic E-state index is 0.00162. The smallest absolute Gasteiger partial charge is 0.408 e. The highest BCUT2D eigenvalue weighted by Crippen LogP contribution is 2.52. The predicted octanol–water partition coefficient (Wildman–Crippen LogP) is 8.21. The summed E-state index contributed by atoms with van der Waals surface area (Å²) in [6.07, 6.45) is 2.62. The quantitative estimate of drug-likeness (QED) is 0.0268. The second-order valence-corrected chi connectivity index (χ2v) is 33.4. The number of imide groups is 2. The van der Waals surface area contributed by atoms with E-state index < -0.39 is 118 Å². The molecule has 0 bridgehead atoms. The van der Waals surface area contributed by atoms with Crippen molar-refractivity contribution in [2.75, 3.05) is 73.2 Å². The predicted molar refractivity (Wildman–Crippen MR) is 424 cm³/mol. The molecule has 13 atom stereocenters. The molecule has 2 aromatic rings. The normalized spacial score (nSPS) is 19.0. The van der Waals surface area contributed by atoms with Crippen molar-refractivity contribution < 1.29 is 90.9 Å². The Morgan fingerprint density at radius 2 is 1.39 bits per heavy atom. The number of methoxy groups -OCH3 is 3. The van der Waals surface area contributed by atoms with E-state index in [4.69, 9.17) is 29.5 Å². The van der Waals surface area contributed by atoms with Crippen molar-refractivity contribution in [1.29, 1.82) is 0 Å². The van der Waals surface area contributed by atoms with Crippen molar-refractivity contribution in [1.82, 2.24) is 45.9 Å². The summed E-state index contributed by atoms with van der Waals surface area (Å²) in [7, 11) is 10.1. The molecular weight excluding hydrogens is 1480 g/mol. The van der Waals surface area contributed by atoms with Gasteiger partial charge in [0.05, 0.1) is 79.6 Å². The van der Waals surface area contributed by atoms with Crippen LogP contribution in [0.15, 0.2) is 48.5 Å². The molecule has 3 aliphatic heterocycles. The Bertz CT molecular complexity index is 3590. The number of primary amides is 1. The van der Waals surface area contributed by atoms with Gasteiger partial charge in [-0.3, -0.25) is 62.5 Å². The van der Waals surface area contributed by atoms with Crippen molar-refractivity contribution in [3.05, 3.63) is 59.7 Å². The van der Waals surface area contributed by atoms with Gasteiger partial charge in [0.1, 0.15) is 12.4 Å². The number of carbonyl (C=O) groups is 14. The SMILES string of the molecule is CC[C@H](C)[C@@H]([C@@H](CC(=O)N1CCC[C@H]1[C@H](OC)[C@@H](C)C(=O)N[C@H](C)C(NC(=O)OCc1ccc(NC(=O)[C@H](CCCNC(N)=O)CC(=O)[C@@H](NC(=O)CCCCCN2C(=O)CC(SCC3(CC(=O)ON4C(=O)CCC4=O)CC3)C2=O)C(C)C)cc1)c1ccc(OC)cc1)OC)N(C)C(=O)[C@@H](CC(=O)[C@H](C(C)C)N(C)C)C(C)C. The van der Waals surface area contributed by atoms with E-state index in [1.54, 1.807) is 100 Å². The molecule has 31 heteroatoms. The van der Waals surface area contributed by atoms with E-state index in [9.17, 15) is 67.1 Å². The molecule has 3 saturated heterocycles. The highest BCUT2D eigenvalue weighted by Gasteiger charge is 2.49. The standard InChI is InChI=1S/C82H125N11O19S/c1-17-51(8)74(90(13)78(104)59(48(2)3)42-62(95)73(50(6)7)89(11)12)63(109-15)43-68(99)91-40-22-24-60(91)75(110-16)52(9)76(102)85-53(10)72(55-28-32-58(108-14)33-29-55)88-81(107)111-46-54-26-30-57(31-27-54)86-77(103)56(23-21-38-84-80(83)106)41-61(94)71(49(4)5)87-65(96)25-19-18-20-39-92-69(100)44-64(79(92)105)113-47-82(36-37-82)45-70(101)112-93-66(97)34-35-67(93)98/h26-33,48-53,56,59-60,63-64,71-75H,17-25,34-47H2,1-16H3,(H,85,102)(H,86,103)(H,87,96)(H,88,107)(H3,83,84,106)/t51-,52+,53+,56+,59-,60-,63+,64?,71-,72?,73-,74-,75+/m0/s1. The van der Waals surface area contributed by atoms with Gasteiger partial charge in [-0.25, -0.2) is 14.4 Å². The summed E-state index contributed by atoms with van der Waals surface area (Å²) in [5.41, 5.74) is 6.40. The zero-order valence-corrected chi connectivity index (χ0v) is 69.9. The number of unbranched alkanes of at least 4 members (excludes halogenated alkanes) is 2. The molecule has 6 rings (SSSR count). The molecule has 30 nitrogen and oxygen atoms in total. The lowest BCUT2D eigenvalue weighted by Gasteiger charge is -2.41. The van der Waals surface area contributed by atoms with Gasteiger partial charge in [-0.2, -0.15) is 0 Å². The number of rotatable bonds is 48. The third-order valence-corrected chi connectivity index (χ3v) is 24.0. The minimum atomic E-state index is -0.946. The molecule has 3 heterocycles. The van der Waals surface area contributed by atoms with Crippen molar-refractivity contribution in [3.8, 4) is 5.75 Å². The Hall–Kier alpha value is -8.55. The largest absolute Gasteiger partial charge is 0.497 e. The van der Waals surface area contributed by atoms with E-state index in [0.29, 0.717) is 97.7 Å². The van der Waals surface area contributed by atoms with Crippen LogP contribution in [0.25, 0.3) is 0 Å². The number of nitrogens with one attached hydrogen (secondary N) is 5. The molecule has 4 aliphatic rings. The van der Waals surface area contributed by atoms with Gasteiger partial charge in [-0.1, -0.05) is 99.4 Å². The molecule has 0 spiro atoms. The number of ether oxygens (including phenoxy) is 4. The number of alkyl carbamates (subject to hydrolysis) is 1. The highest BCUT2D eigenvalue weighted by molar-refractivity contribution is 8.00. The summed E-state index contributed by atoms with van der Waals surface area (Å²) in [6.45, 7) is 19.5. The van der Waals surface area contributed by atoms with Gasteiger partial charge >= 0.3 is 18.1 Å². The van der Waals surface area contributed by atoms with E-state index in [2.05, 4.69) is 26.6 Å². The topological polar surface area (TPSA) is 388 Å². The molecule has 628 valence electrons. The lowest BCUT2D eigenvalue weighted by atomic mass is 9.83. The van der Waals surface area contributed by atoms with Gasteiger partial charge in [-0.15, -0.1) is 16.8 Å². The van der Waals surface area contributed by atoms with E-state index in [1.165, 1.54) is 30.9 Å². The lowest BCUT2D eigenvalue weighted by molar-refractivity contribution is -0.198. The number of hydrogen-bond acceptors (Lipinski definition) is 21. The molecule has 2 aromatic carbocycles. The first-order valence-electron chi connectivity index (χ1n) is 39.9. The van der Waals surface area contributed by atoms with E-state index in [-0.39, 0.29) is 142 Å². The average molecular weight is 1600 g/mol. The number of hydroxylamine groups is 2. The minimum Gasteiger partial charge on any atom is -0.497 e. The van der Waals surface area contributed by atoms with E-state index in [0.717, 1.165) is 0 Å². The van der Waals surface area contributed by atoms with Crippen LogP contribution in [0.3, 0.4) is 0 Å². The molecule has 1 aliphatic carbocycles. The number of urea groups is 1. The summed E-state index contributed by atoms with van der Waals surface area (Å²) in [5.74, 6) is -6.35. The lowest BCUT2D eigenvalue weighted by Crippen LogP contribution is -2.55. The summed E-state index contributed by atoms with van der Waals surface area (Å²) in [6, 6.07) is 8.87. The fourth-order valence-electron chi connectivity index (χ4n) is 15.6. The monoisotopic (exact) mass is 1600 g/mol. The van der Waals surface area contributed by atoms with E-state index >= 15 is 0 Å². The summed E-state index contributed by atoms with van der Waals surface area (Å²) >= 11 is 1.31. The number of thioether (sulfide) groups is 1. The van der Waals surface area contributed by atoms with Gasteiger partial charge in [0.2, 0.25) is 41.4 Å². The summed E-state index contributed by atoms with van der Waals surface area (Å²) in [4.78, 5) is 199. The molecule has 0 radical (unpaired) electrons. The van der Waals surface area contributed by atoms with Gasteiger partial charge in [0, 0.05) is 103 Å². The number of benzene rings is 2. The van der Waals surface area contributed by atoms with Crippen molar-refractivity contribution >= 4 is 100 Å². The van der Waals surface area contributed by atoms with Crippen LogP contribution in [0.1, 0.15) is 202 Å². The molecule has 7 N–H and O–H groups in total. The van der Waals surface area contributed by atoms with Crippen LogP contribution < -0.4 is 37.1 Å². The van der Waals surface area contributed by atoms with Crippen LogP contribution in [0, 0.1) is 46.8 Å². The number of anilines is 1. The van der Waals surface area contributed by atoms with E-state index in [1.807, 2.05) is 60.5 Å². The highest BCUT2D eigenvalue weighted by atomic mass is 32.2. The van der Waals surface area contributed by atoms with Crippen LogP contribution in [0.5, 0.6) is 5.75 Å². The van der Waals surface area contributed by atoms with Gasteiger partial charge < -0.3 is 65.9 Å². The summed E-state index contributed by atoms with van der Waals surface area (Å²) in [5, 5.41) is 14.2. The van der Waals surface area contributed by atoms with Crippen LogP contribution >= 0.6 is 11.8 Å². The number of nitrogens with two attached hydrogens (primary N) is 1. The molecular formula is C82H125N11O19S. The zero-order chi connectivity index (χ0) is 83.7. The molecule has 113 heavy (non-hydrogen) atoms. The number of nitrogens with zero attached hydrogens (tertiary/aromatic N) is 5. The number of Topliss-reactive ketones (excluding diaryl/α,β-unsaturated/α-hetero) is 2. The maximum Gasteiger partial charge on any atom is 0.408 e. The number of carbonyl (C=O) groups excluding carboxylic acids is 14. The Morgan fingerprint density at radius 3 is 1.96 bits per heavy atom. The van der Waals surface area contributed by atoms with Crippen LogP contribution in [-0.4, -0.2) is 223 Å². The second-order valence-electron chi connectivity index (χ2n) is 32.2. The van der Waals surface area contributed by atoms with Gasteiger partial charge in [-0.05, 0) is 137 Å². The van der Waals surface area contributed by atoms with Crippen LogP contribution in [0.4, 0.5) is 15.3 Å². The molecule has 12 amide bonds. The molecule has 0 aromatic heterocycles. The molecule has 4 fully saturated rings. The van der Waals surface area contributed by atoms with Gasteiger partial charge in [0.15, 0.2) is 11.6 Å². The Kier molecular flexibility index (Phi) is 36.6. The fraction of sp³-hybridized carbons (Fsp3) is 0.683. The van der Waals surface area contributed by atoms with Crippen molar-refractivity contribution in [2.45, 2.75) is 245 Å². The zero-order valence-electron chi connectivity index (χ0n) is 69.1. The fourth-order valence-corrected chi connectivity index (χ4v) is 17.0. The molecule has 1 saturated carbocycles. The number of amides is 12. The van der Waals surface area contributed by atoms with Crippen molar-refractivity contribution in [3.63, 3.8) is 0 Å². The first-order valence-corrected chi connectivity index (χ1v) is 41.0. The molecule has 2 unspecified atom stereocenters. The maximum absolute atomic E-state index is 14.7. The number of likely N-dealkylation sites (tertiary alicyclic amines) is 2. The number of ketones is 2. The Labute approximate surface area is 670 Å². The summed E-state index contributed by atoms with van der Waals surface area (Å²) < 4.78 is 23.4. The Balaban J connectivity index is 1.01.